The molecule has 1 fully saturated rings. The second-order valence-corrected chi connectivity index (χ2v) is 5.89. The smallest absolute Gasteiger partial charge is 0.181 e. The van der Waals surface area contributed by atoms with Gasteiger partial charge in [-0.15, -0.1) is 0 Å². The highest BCUT2D eigenvalue weighted by Crippen LogP contribution is 2.59. The third kappa shape index (κ3) is 1.32. The van der Waals surface area contributed by atoms with Crippen molar-refractivity contribution in [2.24, 2.45) is 23.7 Å². The molecule has 0 aromatic heterocycles. The first-order valence-electron chi connectivity index (χ1n) is 7.12. The second-order valence-electron chi connectivity index (χ2n) is 5.89. The van der Waals surface area contributed by atoms with E-state index < -0.39 is 5.79 Å². The van der Waals surface area contributed by atoms with E-state index >= 15 is 0 Å². The highest BCUT2D eigenvalue weighted by atomic mass is 16.7. The van der Waals surface area contributed by atoms with Crippen LogP contribution in [-0.2, 0) is 9.47 Å². The molecule has 0 spiro atoms. The van der Waals surface area contributed by atoms with Crippen molar-refractivity contribution >= 4 is 11.6 Å². The summed E-state index contributed by atoms with van der Waals surface area (Å²) in [4.78, 5) is 25.7. The summed E-state index contributed by atoms with van der Waals surface area (Å²) in [5.41, 5.74) is 1.07. The Morgan fingerprint density at radius 1 is 0.857 bits per heavy atom. The van der Waals surface area contributed by atoms with Crippen LogP contribution in [0, 0.1) is 23.7 Å². The van der Waals surface area contributed by atoms with Crippen LogP contribution in [0.4, 0.5) is 0 Å². The van der Waals surface area contributed by atoms with Crippen LogP contribution in [0.25, 0.3) is 0 Å². The van der Waals surface area contributed by atoms with Gasteiger partial charge in [-0.2, -0.15) is 0 Å². The Balaban J connectivity index is 1.90. The maximum absolute atomic E-state index is 12.9. The van der Waals surface area contributed by atoms with Crippen molar-refractivity contribution in [2.45, 2.75) is 5.79 Å². The Kier molecular flexibility index (Phi) is 2.53. The van der Waals surface area contributed by atoms with Crippen molar-refractivity contribution in [1.82, 2.24) is 0 Å². The van der Waals surface area contributed by atoms with Gasteiger partial charge in [0.25, 0.3) is 0 Å². The predicted octanol–water partition coefficient (Wildman–Crippen LogP) is 2.10. The van der Waals surface area contributed by atoms with Gasteiger partial charge in [-0.1, -0.05) is 36.4 Å². The van der Waals surface area contributed by atoms with Crippen LogP contribution < -0.4 is 0 Å². The molecule has 0 aliphatic heterocycles. The fourth-order valence-corrected chi connectivity index (χ4v) is 4.47. The lowest BCUT2D eigenvalue weighted by atomic mass is 9.69. The van der Waals surface area contributed by atoms with Crippen molar-refractivity contribution in [3.63, 3.8) is 0 Å². The number of carbonyl (C=O) groups excluding carboxylic acids is 2. The number of carbonyl (C=O) groups is 2. The molecule has 0 N–H and O–H groups in total. The van der Waals surface area contributed by atoms with Crippen molar-refractivity contribution in [1.29, 1.82) is 0 Å². The summed E-state index contributed by atoms with van der Waals surface area (Å²) >= 11 is 0. The Hall–Kier alpha value is -1.78. The Bertz CT molecular complexity index is 618. The molecule has 3 aliphatic rings. The zero-order valence-corrected chi connectivity index (χ0v) is 11.9. The molecule has 1 aromatic carbocycles. The fourth-order valence-electron chi connectivity index (χ4n) is 4.47. The van der Waals surface area contributed by atoms with Crippen LogP contribution in [0.1, 0.15) is 20.7 Å². The number of rotatable bonds is 2. The maximum atomic E-state index is 12.9. The number of ketones is 2. The maximum Gasteiger partial charge on any atom is 0.181 e. The van der Waals surface area contributed by atoms with Crippen LogP contribution in [0.15, 0.2) is 36.4 Å². The van der Waals surface area contributed by atoms with Crippen LogP contribution in [0.3, 0.4) is 0 Å². The molecule has 4 rings (SSSR count). The molecule has 2 bridgehead atoms. The lowest BCUT2D eigenvalue weighted by Gasteiger charge is -2.32. The normalized spacial score (nSPS) is 35.0. The van der Waals surface area contributed by atoms with Crippen LogP contribution in [-0.4, -0.2) is 31.6 Å². The summed E-state index contributed by atoms with van der Waals surface area (Å²) in [6.45, 7) is 0. The molecule has 1 aromatic rings. The van der Waals surface area contributed by atoms with Gasteiger partial charge in [0.2, 0.25) is 0 Å². The summed E-state index contributed by atoms with van der Waals surface area (Å²) in [7, 11) is 3.16. The van der Waals surface area contributed by atoms with Crippen molar-refractivity contribution < 1.29 is 19.1 Å². The number of hydrogen-bond donors (Lipinski definition) is 0. The molecule has 0 saturated heterocycles. The highest BCUT2D eigenvalue weighted by Gasteiger charge is 2.68. The van der Waals surface area contributed by atoms with E-state index in [4.69, 9.17) is 9.47 Å². The third-order valence-corrected chi connectivity index (χ3v) is 5.32. The molecule has 4 atom stereocenters. The lowest BCUT2D eigenvalue weighted by molar-refractivity contribution is -0.232. The number of fused-ring (bicyclic) bond motifs is 6. The minimum absolute atomic E-state index is 0.0329. The van der Waals surface area contributed by atoms with Gasteiger partial charge in [0, 0.05) is 49.0 Å². The van der Waals surface area contributed by atoms with E-state index in [2.05, 4.69) is 0 Å². The molecule has 21 heavy (non-hydrogen) atoms. The average Bonchev–Trinajstić information content (AvgIpc) is 3.03. The number of methoxy groups -OCH3 is 2. The molecular weight excluding hydrogens is 268 g/mol. The summed E-state index contributed by atoms with van der Waals surface area (Å²) in [5, 5.41) is 0. The zero-order valence-electron chi connectivity index (χ0n) is 11.9. The molecule has 0 radical (unpaired) electrons. The first-order chi connectivity index (χ1) is 10.2. The van der Waals surface area contributed by atoms with Gasteiger partial charge in [-0.3, -0.25) is 9.59 Å². The van der Waals surface area contributed by atoms with E-state index in [-0.39, 0.29) is 35.2 Å². The molecule has 4 heteroatoms. The van der Waals surface area contributed by atoms with Gasteiger partial charge in [-0.25, -0.2) is 0 Å². The molecule has 4 nitrogen and oxygen atoms in total. The van der Waals surface area contributed by atoms with Crippen LogP contribution >= 0.6 is 0 Å². The molecule has 0 amide bonds. The van der Waals surface area contributed by atoms with Crippen molar-refractivity contribution in [2.75, 3.05) is 14.2 Å². The van der Waals surface area contributed by atoms with Gasteiger partial charge in [0.15, 0.2) is 17.4 Å². The number of ether oxygens (including phenoxy) is 2. The van der Waals surface area contributed by atoms with E-state index in [9.17, 15) is 9.59 Å². The topological polar surface area (TPSA) is 52.6 Å². The van der Waals surface area contributed by atoms with Gasteiger partial charge < -0.3 is 9.47 Å². The molecular formula is C17H16O4. The third-order valence-electron chi connectivity index (χ3n) is 5.32. The minimum Gasteiger partial charge on any atom is -0.352 e. The average molecular weight is 284 g/mol. The standard InChI is InChI=1S/C17H16O4/c1-20-17(21-2)11-7-8-12(17)14-13(11)15(18)9-5-3-4-6-10(9)16(14)19/h3-8,11-14H,1-2H3/t11-,12+,13+,14-. The SMILES string of the molecule is COC1(OC)[C@@H]2C=C[C@H]1[C@H]1C(=O)c3ccccc3C(=O)[C@H]12. The van der Waals surface area contributed by atoms with Crippen molar-refractivity contribution in [3.8, 4) is 0 Å². The Morgan fingerprint density at radius 3 is 1.67 bits per heavy atom. The summed E-state index contributed by atoms with van der Waals surface area (Å²) in [6, 6.07) is 7.08. The van der Waals surface area contributed by atoms with Gasteiger partial charge in [0.1, 0.15) is 0 Å². The largest absolute Gasteiger partial charge is 0.352 e. The van der Waals surface area contributed by atoms with Crippen LogP contribution in [0.2, 0.25) is 0 Å². The molecule has 108 valence electrons. The van der Waals surface area contributed by atoms with Gasteiger partial charge >= 0.3 is 0 Å². The molecule has 1 saturated carbocycles. The lowest BCUT2D eigenvalue weighted by Crippen LogP contribution is -2.41. The quantitative estimate of drug-likeness (QED) is 0.616. The van der Waals surface area contributed by atoms with E-state index in [1.165, 1.54) is 0 Å². The number of Topliss-reactive ketones (excluding diaryl/α,β-unsaturated/α-hetero) is 2. The Labute approximate surface area is 122 Å². The molecule has 0 heterocycles. The fraction of sp³-hybridized carbons (Fsp3) is 0.412. The highest BCUT2D eigenvalue weighted by molar-refractivity contribution is 6.17. The first-order valence-corrected chi connectivity index (χ1v) is 7.12. The summed E-state index contributed by atoms with van der Waals surface area (Å²) in [6.07, 6.45) is 3.94. The minimum atomic E-state index is -0.886. The van der Waals surface area contributed by atoms with Crippen LogP contribution in [0.5, 0.6) is 0 Å². The first kappa shape index (κ1) is 12.9. The summed E-state index contributed by atoms with van der Waals surface area (Å²) < 4.78 is 11.3. The molecule has 0 unspecified atom stereocenters. The van der Waals surface area contributed by atoms with E-state index in [0.717, 1.165) is 0 Å². The number of benzene rings is 1. The second kappa shape index (κ2) is 4.12. The van der Waals surface area contributed by atoms with E-state index in [1.807, 2.05) is 12.2 Å². The van der Waals surface area contributed by atoms with E-state index in [0.29, 0.717) is 11.1 Å². The van der Waals surface area contributed by atoms with Crippen molar-refractivity contribution in [3.05, 3.63) is 47.5 Å². The van der Waals surface area contributed by atoms with E-state index in [1.54, 1.807) is 38.5 Å². The monoisotopic (exact) mass is 284 g/mol. The predicted molar refractivity (Wildman–Crippen MR) is 75.0 cm³/mol. The zero-order chi connectivity index (χ0) is 14.8. The Morgan fingerprint density at radius 2 is 1.29 bits per heavy atom. The summed E-state index contributed by atoms with van der Waals surface area (Å²) in [5.74, 6) is -1.97. The molecule has 3 aliphatic carbocycles. The number of hydrogen-bond acceptors (Lipinski definition) is 4. The van der Waals surface area contributed by atoms with Gasteiger partial charge in [-0.05, 0) is 0 Å². The van der Waals surface area contributed by atoms with Gasteiger partial charge in [0.05, 0.1) is 0 Å².